The lowest BCUT2D eigenvalue weighted by molar-refractivity contribution is -0.140. The molecule has 0 fully saturated rings. The Labute approximate surface area is 125 Å². The molecule has 0 aliphatic carbocycles. The van der Waals surface area contributed by atoms with Gasteiger partial charge in [0.05, 0.1) is 18.5 Å². The third-order valence-corrected chi connectivity index (χ3v) is 3.21. The van der Waals surface area contributed by atoms with Crippen LogP contribution in [0.4, 0.5) is 11.4 Å². The summed E-state index contributed by atoms with van der Waals surface area (Å²) in [5, 5.41) is 0. The molecule has 0 aliphatic heterocycles. The van der Waals surface area contributed by atoms with Crippen LogP contribution in [0.25, 0.3) is 0 Å². The zero-order valence-electron chi connectivity index (χ0n) is 13.0. The van der Waals surface area contributed by atoms with E-state index in [0.29, 0.717) is 30.6 Å². The van der Waals surface area contributed by atoms with Gasteiger partial charge in [-0.2, -0.15) is 0 Å². The van der Waals surface area contributed by atoms with Gasteiger partial charge < -0.3 is 20.3 Å². The molecule has 2 N–H and O–H groups in total. The molecule has 1 amide bonds. The molecule has 0 radical (unpaired) electrons. The van der Waals surface area contributed by atoms with E-state index >= 15 is 0 Å². The minimum atomic E-state index is -0.268. The van der Waals surface area contributed by atoms with Gasteiger partial charge in [-0.25, -0.2) is 0 Å². The second kappa shape index (κ2) is 7.52. The van der Waals surface area contributed by atoms with Crippen molar-refractivity contribution in [1.82, 2.24) is 4.90 Å². The molecule has 1 aromatic rings. The van der Waals surface area contributed by atoms with Crippen LogP contribution >= 0.6 is 0 Å². The summed E-state index contributed by atoms with van der Waals surface area (Å²) in [4.78, 5) is 26.8. The summed E-state index contributed by atoms with van der Waals surface area (Å²) in [5.74, 6) is -0.382. The van der Waals surface area contributed by atoms with E-state index in [9.17, 15) is 9.59 Å². The number of benzene rings is 1. The molecule has 0 bridgehead atoms. The number of nitrogen functional groups attached to an aromatic ring is 1. The predicted octanol–water partition coefficient (Wildman–Crippen LogP) is 1.36. The Morgan fingerprint density at radius 1 is 1.24 bits per heavy atom. The number of methoxy groups -OCH3 is 1. The summed E-state index contributed by atoms with van der Waals surface area (Å²) in [6.07, 6.45) is 0.871. The fourth-order valence-electron chi connectivity index (χ4n) is 1.98. The summed E-state index contributed by atoms with van der Waals surface area (Å²) in [6.45, 7) is 0.489. The first-order valence-electron chi connectivity index (χ1n) is 6.76. The Hall–Kier alpha value is -2.24. The molecule has 116 valence electrons. The average Bonchev–Trinajstić information content (AvgIpc) is 2.45. The molecule has 1 rings (SSSR count). The van der Waals surface area contributed by atoms with E-state index in [-0.39, 0.29) is 11.9 Å². The lowest BCUT2D eigenvalue weighted by Gasteiger charge is -2.19. The minimum absolute atomic E-state index is 0.114. The van der Waals surface area contributed by atoms with Gasteiger partial charge in [-0.15, -0.1) is 0 Å². The molecular formula is C15H23N3O3. The topological polar surface area (TPSA) is 75.9 Å². The van der Waals surface area contributed by atoms with E-state index in [1.165, 1.54) is 7.11 Å². The largest absolute Gasteiger partial charge is 0.469 e. The molecule has 21 heavy (non-hydrogen) atoms. The molecule has 6 heteroatoms. The Bertz CT molecular complexity index is 515. The number of anilines is 2. The molecule has 0 heterocycles. The van der Waals surface area contributed by atoms with E-state index in [0.717, 1.165) is 5.69 Å². The highest BCUT2D eigenvalue weighted by molar-refractivity contribution is 5.96. The van der Waals surface area contributed by atoms with Gasteiger partial charge in [0.25, 0.3) is 5.91 Å². The van der Waals surface area contributed by atoms with Gasteiger partial charge in [0.1, 0.15) is 0 Å². The van der Waals surface area contributed by atoms with Crippen LogP contribution in [-0.2, 0) is 9.53 Å². The third-order valence-electron chi connectivity index (χ3n) is 3.21. The van der Waals surface area contributed by atoms with Crippen LogP contribution in [0.2, 0.25) is 0 Å². The monoisotopic (exact) mass is 293 g/mol. The Kier molecular flexibility index (Phi) is 6.02. The van der Waals surface area contributed by atoms with Crippen LogP contribution in [0.1, 0.15) is 23.2 Å². The standard InChI is InChI=1S/C15H23N3O3/c1-17(2)13-8-7-11(10-12(13)16)15(20)18(3)9-5-6-14(19)21-4/h7-8,10H,5-6,9,16H2,1-4H3. The quantitative estimate of drug-likeness (QED) is 0.633. The lowest BCUT2D eigenvalue weighted by atomic mass is 10.1. The van der Waals surface area contributed by atoms with Gasteiger partial charge in [-0.05, 0) is 24.6 Å². The first-order chi connectivity index (χ1) is 9.86. The lowest BCUT2D eigenvalue weighted by Crippen LogP contribution is -2.28. The summed E-state index contributed by atoms with van der Waals surface area (Å²) in [7, 11) is 6.85. The Morgan fingerprint density at radius 3 is 2.43 bits per heavy atom. The maximum absolute atomic E-state index is 12.3. The van der Waals surface area contributed by atoms with Gasteiger partial charge in [-0.1, -0.05) is 0 Å². The number of nitrogens with two attached hydrogens (primary N) is 1. The molecule has 0 aliphatic rings. The number of hydrogen-bond donors (Lipinski definition) is 1. The highest BCUT2D eigenvalue weighted by Crippen LogP contribution is 2.22. The van der Waals surface area contributed by atoms with Crippen molar-refractivity contribution in [2.75, 3.05) is 45.4 Å². The van der Waals surface area contributed by atoms with Crippen molar-refractivity contribution in [1.29, 1.82) is 0 Å². The molecule has 1 aromatic carbocycles. The smallest absolute Gasteiger partial charge is 0.305 e. The summed E-state index contributed by atoms with van der Waals surface area (Å²) in [6, 6.07) is 5.25. The fourth-order valence-corrected chi connectivity index (χ4v) is 1.98. The summed E-state index contributed by atoms with van der Waals surface area (Å²) < 4.78 is 4.56. The molecule has 0 spiro atoms. The Morgan fingerprint density at radius 2 is 1.90 bits per heavy atom. The second-order valence-corrected chi connectivity index (χ2v) is 5.07. The number of ether oxygens (including phenoxy) is 1. The van der Waals surface area contributed by atoms with E-state index in [2.05, 4.69) is 4.74 Å². The van der Waals surface area contributed by atoms with Gasteiger partial charge in [0.2, 0.25) is 0 Å². The van der Waals surface area contributed by atoms with Crippen molar-refractivity contribution in [2.45, 2.75) is 12.8 Å². The van der Waals surface area contributed by atoms with Gasteiger partial charge in [-0.3, -0.25) is 9.59 Å². The van der Waals surface area contributed by atoms with E-state index in [4.69, 9.17) is 5.73 Å². The molecule has 0 saturated heterocycles. The van der Waals surface area contributed by atoms with Crippen LogP contribution in [0, 0.1) is 0 Å². The zero-order chi connectivity index (χ0) is 16.0. The van der Waals surface area contributed by atoms with Gasteiger partial charge in [0.15, 0.2) is 0 Å². The number of hydrogen-bond acceptors (Lipinski definition) is 5. The molecule has 0 saturated carbocycles. The van der Waals surface area contributed by atoms with E-state index in [1.54, 1.807) is 24.1 Å². The number of rotatable bonds is 6. The second-order valence-electron chi connectivity index (χ2n) is 5.07. The van der Waals surface area contributed by atoms with Gasteiger partial charge >= 0.3 is 5.97 Å². The normalized spacial score (nSPS) is 10.1. The third kappa shape index (κ3) is 4.66. The maximum Gasteiger partial charge on any atom is 0.305 e. The predicted molar refractivity (Wildman–Crippen MR) is 83.4 cm³/mol. The van der Waals surface area contributed by atoms with Crippen LogP contribution < -0.4 is 10.6 Å². The molecule has 0 aromatic heterocycles. The number of carbonyl (C=O) groups excluding carboxylic acids is 2. The zero-order valence-corrected chi connectivity index (χ0v) is 13.0. The van der Waals surface area contributed by atoms with Crippen molar-refractivity contribution >= 4 is 23.3 Å². The van der Waals surface area contributed by atoms with Crippen LogP contribution in [0.5, 0.6) is 0 Å². The highest BCUT2D eigenvalue weighted by atomic mass is 16.5. The van der Waals surface area contributed by atoms with Crippen molar-refractivity contribution in [2.24, 2.45) is 0 Å². The number of nitrogens with zero attached hydrogens (tertiary/aromatic N) is 2. The molecule has 6 nitrogen and oxygen atoms in total. The van der Waals surface area contributed by atoms with E-state index < -0.39 is 0 Å². The summed E-state index contributed by atoms with van der Waals surface area (Å²) in [5.41, 5.74) is 7.92. The first kappa shape index (κ1) is 16.8. The average molecular weight is 293 g/mol. The number of carbonyl (C=O) groups is 2. The van der Waals surface area contributed by atoms with Crippen molar-refractivity contribution in [3.05, 3.63) is 23.8 Å². The number of amides is 1. The van der Waals surface area contributed by atoms with Crippen LogP contribution in [-0.4, -0.2) is 51.6 Å². The highest BCUT2D eigenvalue weighted by Gasteiger charge is 2.14. The molecule has 0 unspecified atom stereocenters. The van der Waals surface area contributed by atoms with Crippen molar-refractivity contribution in [3.63, 3.8) is 0 Å². The van der Waals surface area contributed by atoms with Crippen molar-refractivity contribution < 1.29 is 14.3 Å². The van der Waals surface area contributed by atoms with Crippen molar-refractivity contribution in [3.8, 4) is 0 Å². The van der Waals surface area contributed by atoms with Gasteiger partial charge in [0, 0.05) is 39.7 Å². The first-order valence-corrected chi connectivity index (χ1v) is 6.76. The van der Waals surface area contributed by atoms with Crippen LogP contribution in [0.15, 0.2) is 18.2 Å². The number of esters is 1. The minimum Gasteiger partial charge on any atom is -0.469 e. The molecule has 0 atom stereocenters. The van der Waals surface area contributed by atoms with E-state index in [1.807, 2.05) is 25.1 Å². The molecular weight excluding hydrogens is 270 g/mol. The fraction of sp³-hybridized carbons (Fsp3) is 0.467. The Balaban J connectivity index is 2.66. The maximum atomic E-state index is 12.3. The summed E-state index contributed by atoms with van der Waals surface area (Å²) >= 11 is 0. The van der Waals surface area contributed by atoms with Crippen LogP contribution in [0.3, 0.4) is 0 Å². The SMILES string of the molecule is COC(=O)CCCN(C)C(=O)c1ccc(N(C)C)c(N)c1.